The summed E-state index contributed by atoms with van der Waals surface area (Å²) in [5.41, 5.74) is 1.14. The molecular weight excluding hydrogens is 214 g/mol. The molecule has 0 spiro atoms. The minimum atomic E-state index is -0.826. The van der Waals surface area contributed by atoms with Gasteiger partial charge < -0.3 is 9.84 Å². The van der Waals surface area contributed by atoms with Crippen LogP contribution in [0.5, 0.6) is 0 Å². The van der Waals surface area contributed by atoms with Crippen LogP contribution < -0.4 is 0 Å². The highest BCUT2D eigenvalue weighted by atomic mass is 32.1. The molecule has 15 heavy (non-hydrogen) atoms. The summed E-state index contributed by atoms with van der Waals surface area (Å²) in [7, 11) is 1.67. The molecule has 4 nitrogen and oxygen atoms in total. The Morgan fingerprint density at radius 3 is 3.20 bits per heavy atom. The maximum atomic E-state index is 10.8. The lowest BCUT2D eigenvalue weighted by atomic mass is 10.1. The number of hydrogen-bond donors (Lipinski definition) is 1. The second-order valence-electron chi connectivity index (χ2n) is 3.58. The van der Waals surface area contributed by atoms with Crippen LogP contribution in [0.1, 0.15) is 20.1 Å². The smallest absolute Gasteiger partial charge is 0.345 e. The Bertz CT molecular complexity index is 375. The lowest BCUT2D eigenvalue weighted by Gasteiger charge is -2.25. The molecule has 0 amide bonds. The third-order valence-corrected chi connectivity index (χ3v) is 3.69. The highest BCUT2D eigenvalue weighted by Crippen LogP contribution is 2.27. The number of carboxylic acid groups (broad SMARTS) is 1. The van der Waals surface area contributed by atoms with Gasteiger partial charge in [0.25, 0.3) is 0 Å². The number of fused-ring (bicyclic) bond motifs is 1. The van der Waals surface area contributed by atoms with Gasteiger partial charge in [0, 0.05) is 25.1 Å². The molecule has 0 radical (unpaired) electrons. The number of thiophene rings is 1. The highest BCUT2D eigenvalue weighted by Gasteiger charge is 2.20. The number of carboxylic acids is 1. The van der Waals surface area contributed by atoms with E-state index in [9.17, 15) is 4.79 Å². The fraction of sp³-hybridized carbons (Fsp3) is 0.500. The van der Waals surface area contributed by atoms with Crippen molar-refractivity contribution >= 4 is 17.3 Å². The summed E-state index contributed by atoms with van der Waals surface area (Å²) in [6.07, 6.45) is 0.927. The van der Waals surface area contributed by atoms with Crippen molar-refractivity contribution in [2.45, 2.75) is 13.0 Å². The molecule has 5 heteroatoms. The first-order valence-electron chi connectivity index (χ1n) is 4.77. The first-order chi connectivity index (χ1) is 7.20. The first-order valence-corrected chi connectivity index (χ1v) is 5.58. The number of carbonyl (C=O) groups is 1. The minimum Gasteiger partial charge on any atom is -0.477 e. The number of ether oxygens (including phenoxy) is 1. The molecule has 0 bridgehead atoms. The maximum Gasteiger partial charge on any atom is 0.345 e. The van der Waals surface area contributed by atoms with Crippen LogP contribution in [0.15, 0.2) is 6.07 Å². The van der Waals surface area contributed by atoms with Crippen LogP contribution in [-0.2, 0) is 17.7 Å². The summed E-state index contributed by atoms with van der Waals surface area (Å²) in [5, 5.41) is 8.88. The summed E-state index contributed by atoms with van der Waals surface area (Å²) >= 11 is 1.40. The van der Waals surface area contributed by atoms with E-state index in [1.54, 1.807) is 13.2 Å². The average molecular weight is 227 g/mol. The van der Waals surface area contributed by atoms with E-state index in [0.29, 0.717) is 11.6 Å². The zero-order valence-electron chi connectivity index (χ0n) is 8.52. The lowest BCUT2D eigenvalue weighted by molar-refractivity contribution is 0.0548. The summed E-state index contributed by atoms with van der Waals surface area (Å²) < 4.78 is 5.06. The molecule has 0 fully saturated rings. The monoisotopic (exact) mass is 227 g/mol. The topological polar surface area (TPSA) is 49.8 Å². The van der Waals surface area contributed by atoms with Gasteiger partial charge >= 0.3 is 5.97 Å². The molecule has 0 saturated carbocycles. The van der Waals surface area contributed by atoms with Crippen molar-refractivity contribution in [3.63, 3.8) is 0 Å². The van der Waals surface area contributed by atoms with Gasteiger partial charge in [-0.25, -0.2) is 4.79 Å². The van der Waals surface area contributed by atoms with Gasteiger partial charge in [0.15, 0.2) is 0 Å². The van der Waals surface area contributed by atoms with Crippen molar-refractivity contribution in [1.82, 2.24) is 4.90 Å². The van der Waals surface area contributed by atoms with Crippen molar-refractivity contribution in [3.8, 4) is 0 Å². The molecule has 0 unspecified atom stereocenters. The predicted molar refractivity (Wildman–Crippen MR) is 57.3 cm³/mol. The Labute approximate surface area is 92.1 Å². The quantitative estimate of drug-likeness (QED) is 0.848. The number of methoxy groups -OCH3 is 1. The van der Waals surface area contributed by atoms with Crippen molar-refractivity contribution in [2.75, 3.05) is 20.4 Å². The van der Waals surface area contributed by atoms with Crippen LogP contribution in [-0.4, -0.2) is 36.4 Å². The van der Waals surface area contributed by atoms with Gasteiger partial charge in [0.1, 0.15) is 4.88 Å². The molecule has 0 aromatic carbocycles. The first kappa shape index (κ1) is 10.6. The van der Waals surface area contributed by atoms with Gasteiger partial charge in [-0.15, -0.1) is 11.3 Å². The molecule has 0 atom stereocenters. The molecule has 2 heterocycles. The molecule has 2 rings (SSSR count). The van der Waals surface area contributed by atoms with E-state index in [1.807, 2.05) is 0 Å². The van der Waals surface area contributed by atoms with Gasteiger partial charge in [-0.2, -0.15) is 0 Å². The molecular formula is C10H13NO3S. The average Bonchev–Trinajstić information content (AvgIpc) is 2.61. The van der Waals surface area contributed by atoms with Gasteiger partial charge in [-0.1, -0.05) is 0 Å². The fourth-order valence-corrected chi connectivity index (χ4v) is 2.79. The van der Waals surface area contributed by atoms with E-state index in [-0.39, 0.29) is 0 Å². The van der Waals surface area contributed by atoms with Crippen LogP contribution in [0.25, 0.3) is 0 Å². The molecule has 1 aromatic heterocycles. The van der Waals surface area contributed by atoms with E-state index >= 15 is 0 Å². The van der Waals surface area contributed by atoms with Gasteiger partial charge in [0.05, 0.1) is 6.73 Å². The van der Waals surface area contributed by atoms with Crippen molar-refractivity contribution in [1.29, 1.82) is 0 Å². The zero-order chi connectivity index (χ0) is 10.8. The zero-order valence-corrected chi connectivity index (χ0v) is 9.34. The Hall–Kier alpha value is -0.910. The molecule has 1 aliphatic rings. The predicted octanol–water partition coefficient (Wildman–Crippen LogP) is 1.41. The molecule has 0 aliphatic carbocycles. The third-order valence-electron chi connectivity index (χ3n) is 2.47. The fourth-order valence-electron chi connectivity index (χ4n) is 1.79. The normalized spacial score (nSPS) is 16.3. The van der Waals surface area contributed by atoms with Crippen molar-refractivity contribution in [3.05, 3.63) is 21.4 Å². The van der Waals surface area contributed by atoms with E-state index < -0.39 is 5.97 Å². The summed E-state index contributed by atoms with van der Waals surface area (Å²) in [4.78, 5) is 14.6. The van der Waals surface area contributed by atoms with Crippen LogP contribution >= 0.6 is 11.3 Å². The third kappa shape index (κ3) is 2.19. The number of nitrogens with zero attached hydrogens (tertiary/aromatic N) is 1. The SMILES string of the molecule is COCN1CCc2sc(C(=O)O)cc2C1. The lowest BCUT2D eigenvalue weighted by Crippen LogP contribution is -2.31. The Kier molecular flexibility index (Phi) is 3.04. The number of aromatic carboxylic acids is 1. The van der Waals surface area contributed by atoms with Crippen LogP contribution in [0.3, 0.4) is 0 Å². The van der Waals surface area contributed by atoms with Gasteiger partial charge in [0.2, 0.25) is 0 Å². The maximum absolute atomic E-state index is 10.8. The van der Waals surface area contributed by atoms with Crippen molar-refractivity contribution < 1.29 is 14.6 Å². The molecule has 82 valence electrons. The Morgan fingerprint density at radius 2 is 2.53 bits per heavy atom. The van der Waals surface area contributed by atoms with E-state index in [4.69, 9.17) is 9.84 Å². The van der Waals surface area contributed by atoms with Crippen LogP contribution in [0, 0.1) is 0 Å². The minimum absolute atomic E-state index is 0.444. The Balaban J connectivity index is 2.15. The van der Waals surface area contributed by atoms with Crippen LogP contribution in [0.4, 0.5) is 0 Å². The van der Waals surface area contributed by atoms with Gasteiger partial charge in [-0.3, -0.25) is 4.90 Å². The summed E-state index contributed by atoms with van der Waals surface area (Å²) in [5.74, 6) is -0.826. The highest BCUT2D eigenvalue weighted by molar-refractivity contribution is 7.14. The van der Waals surface area contributed by atoms with E-state index in [2.05, 4.69) is 4.90 Å². The summed E-state index contributed by atoms with van der Waals surface area (Å²) in [6.45, 7) is 2.35. The van der Waals surface area contributed by atoms with Crippen molar-refractivity contribution in [2.24, 2.45) is 0 Å². The number of hydrogen-bond acceptors (Lipinski definition) is 4. The molecule has 1 aromatic rings. The largest absolute Gasteiger partial charge is 0.477 e. The molecule has 1 N–H and O–H groups in total. The second kappa shape index (κ2) is 4.30. The molecule has 1 aliphatic heterocycles. The van der Waals surface area contributed by atoms with E-state index in [0.717, 1.165) is 25.1 Å². The summed E-state index contributed by atoms with van der Waals surface area (Å²) in [6, 6.07) is 1.78. The van der Waals surface area contributed by atoms with Gasteiger partial charge in [-0.05, 0) is 18.1 Å². The van der Waals surface area contributed by atoms with Crippen LogP contribution in [0.2, 0.25) is 0 Å². The van der Waals surface area contributed by atoms with E-state index in [1.165, 1.54) is 16.2 Å². The second-order valence-corrected chi connectivity index (χ2v) is 4.72. The number of rotatable bonds is 3. The molecule has 0 saturated heterocycles. The standard InChI is InChI=1S/C10H13NO3S/c1-14-6-11-3-2-8-7(5-11)4-9(15-8)10(12)13/h4H,2-3,5-6H2,1H3,(H,12,13). The Morgan fingerprint density at radius 1 is 1.73 bits per heavy atom.